The average molecular weight is 503 g/mol. The number of para-hydroxylation sites is 1. The van der Waals surface area contributed by atoms with Crippen LogP contribution in [0.3, 0.4) is 0 Å². The molecule has 2 aromatic carbocycles. The van der Waals surface area contributed by atoms with E-state index in [1.807, 2.05) is 0 Å². The first kappa shape index (κ1) is 19.7. The fourth-order valence-electron chi connectivity index (χ4n) is 2.99. The standard InChI is InChI=1S/C16H11BrN2O8S2/c17-8-5-6-12-10(7-8)16(27-29(23,24)25)14(19-12)13-15(26-28(20,21)22)9-3-1-2-4-11(9)18-13/h1-7,18-19H,(H,20,21,22)(H,23,24,25). The van der Waals surface area contributed by atoms with E-state index < -0.39 is 20.8 Å². The normalized spacial score (nSPS) is 12.5. The molecule has 29 heavy (non-hydrogen) atoms. The molecule has 0 spiro atoms. The van der Waals surface area contributed by atoms with Crippen molar-refractivity contribution >= 4 is 58.5 Å². The van der Waals surface area contributed by atoms with Crippen LogP contribution in [0.4, 0.5) is 0 Å². The van der Waals surface area contributed by atoms with Gasteiger partial charge in [-0.05, 0) is 30.3 Å². The minimum atomic E-state index is -4.92. The molecule has 0 amide bonds. The van der Waals surface area contributed by atoms with Crippen molar-refractivity contribution in [3.8, 4) is 22.9 Å². The largest absolute Gasteiger partial charge is 0.446 e. The lowest BCUT2D eigenvalue weighted by Gasteiger charge is -2.06. The summed E-state index contributed by atoms with van der Waals surface area (Å²) in [7, 11) is -9.82. The maximum absolute atomic E-state index is 11.4. The number of benzene rings is 2. The van der Waals surface area contributed by atoms with Gasteiger partial charge >= 0.3 is 20.8 Å². The first-order valence-corrected chi connectivity index (χ1v) is 11.3. The molecule has 0 fully saturated rings. The third-order valence-corrected chi connectivity index (χ3v) is 5.25. The van der Waals surface area contributed by atoms with Gasteiger partial charge in [-0.2, -0.15) is 16.8 Å². The van der Waals surface area contributed by atoms with Gasteiger partial charge < -0.3 is 18.3 Å². The fraction of sp³-hybridized carbons (Fsp3) is 0. The highest BCUT2D eigenvalue weighted by Gasteiger charge is 2.27. The third-order valence-electron chi connectivity index (χ3n) is 4.00. The van der Waals surface area contributed by atoms with E-state index >= 15 is 0 Å². The van der Waals surface area contributed by atoms with Gasteiger partial charge in [0, 0.05) is 26.3 Å². The zero-order valence-electron chi connectivity index (χ0n) is 14.1. The molecule has 2 aromatic heterocycles. The summed E-state index contributed by atoms with van der Waals surface area (Å²) >= 11 is 3.27. The van der Waals surface area contributed by atoms with Crippen molar-refractivity contribution in [1.29, 1.82) is 0 Å². The van der Waals surface area contributed by atoms with Crippen LogP contribution in [-0.2, 0) is 20.8 Å². The van der Waals surface area contributed by atoms with E-state index in [4.69, 9.17) is 8.37 Å². The molecule has 10 nitrogen and oxygen atoms in total. The van der Waals surface area contributed by atoms with Gasteiger partial charge in [-0.3, -0.25) is 9.11 Å². The zero-order valence-corrected chi connectivity index (χ0v) is 17.3. The Kier molecular flexibility index (Phi) is 4.59. The van der Waals surface area contributed by atoms with Crippen LogP contribution in [0.15, 0.2) is 46.9 Å². The molecule has 0 atom stereocenters. The van der Waals surface area contributed by atoms with Crippen molar-refractivity contribution in [3.05, 3.63) is 46.9 Å². The quantitative estimate of drug-likeness (QED) is 0.302. The van der Waals surface area contributed by atoms with E-state index in [0.717, 1.165) is 0 Å². The monoisotopic (exact) mass is 502 g/mol. The summed E-state index contributed by atoms with van der Waals surface area (Å²) in [4.78, 5) is 5.81. The van der Waals surface area contributed by atoms with Gasteiger partial charge in [0.2, 0.25) is 0 Å². The van der Waals surface area contributed by atoms with Crippen LogP contribution < -0.4 is 8.37 Å². The summed E-state index contributed by atoms with van der Waals surface area (Å²) in [5.74, 6) is -0.579. The number of hydrogen-bond acceptors (Lipinski definition) is 6. The van der Waals surface area contributed by atoms with Crippen LogP contribution in [0.25, 0.3) is 33.2 Å². The minimum absolute atomic E-state index is 0.0187. The maximum Gasteiger partial charge on any atom is 0.446 e. The Hall–Kier alpha value is -2.58. The van der Waals surface area contributed by atoms with E-state index in [1.165, 1.54) is 0 Å². The topological polar surface area (TPSA) is 159 Å². The Balaban J connectivity index is 2.08. The molecule has 0 aliphatic rings. The second-order valence-corrected chi connectivity index (χ2v) is 8.88. The van der Waals surface area contributed by atoms with Crippen molar-refractivity contribution in [1.82, 2.24) is 9.97 Å². The zero-order chi connectivity index (χ0) is 21.0. The number of hydrogen-bond donors (Lipinski definition) is 4. The maximum atomic E-state index is 11.4. The van der Waals surface area contributed by atoms with Crippen LogP contribution in [0.1, 0.15) is 0 Å². The van der Waals surface area contributed by atoms with Crippen LogP contribution in [0.5, 0.6) is 11.5 Å². The molecular formula is C16H11BrN2O8S2. The fourth-order valence-corrected chi connectivity index (χ4v) is 4.12. The molecule has 0 radical (unpaired) electrons. The van der Waals surface area contributed by atoms with E-state index in [2.05, 4.69) is 25.9 Å². The lowest BCUT2D eigenvalue weighted by molar-refractivity contribution is 0.384. The SMILES string of the molecule is O=S(=O)(O)Oc1c(-c2[nH]c3ccc(Br)cc3c2OS(=O)(=O)O)[nH]c2ccccc12. The molecule has 13 heteroatoms. The van der Waals surface area contributed by atoms with Gasteiger partial charge in [-0.15, -0.1) is 0 Å². The Morgan fingerprint density at radius 1 is 0.759 bits per heavy atom. The summed E-state index contributed by atoms with van der Waals surface area (Å²) in [5, 5.41) is 0.584. The van der Waals surface area contributed by atoms with Crippen molar-refractivity contribution in [3.63, 3.8) is 0 Å². The molecule has 4 rings (SSSR count). The number of rotatable bonds is 5. The smallest absolute Gasteiger partial charge is 0.359 e. The number of aromatic amines is 2. The second-order valence-electron chi connectivity index (χ2n) is 5.92. The molecule has 4 aromatic rings. The third kappa shape index (κ3) is 3.95. The molecule has 0 saturated carbocycles. The Labute approximate surface area is 172 Å². The summed E-state index contributed by atoms with van der Waals surface area (Å²) in [5.41, 5.74) is 0.831. The number of H-pyrrole nitrogens is 2. The average Bonchev–Trinajstić information content (AvgIpc) is 3.11. The number of halogens is 1. The predicted molar refractivity (Wildman–Crippen MR) is 108 cm³/mol. The van der Waals surface area contributed by atoms with Crippen molar-refractivity contribution < 1.29 is 34.3 Å². The highest BCUT2D eigenvalue weighted by atomic mass is 79.9. The van der Waals surface area contributed by atoms with Gasteiger partial charge in [-0.25, -0.2) is 0 Å². The number of nitrogens with one attached hydrogen (secondary N) is 2. The molecule has 2 heterocycles. The predicted octanol–water partition coefficient (Wildman–Crippen LogP) is 3.44. The van der Waals surface area contributed by atoms with Crippen molar-refractivity contribution in [2.24, 2.45) is 0 Å². The molecule has 0 aliphatic heterocycles. The van der Waals surface area contributed by atoms with Gasteiger partial charge in [0.1, 0.15) is 11.4 Å². The lowest BCUT2D eigenvalue weighted by Crippen LogP contribution is -2.08. The van der Waals surface area contributed by atoms with Crippen molar-refractivity contribution in [2.75, 3.05) is 0 Å². The van der Waals surface area contributed by atoms with Crippen LogP contribution in [0.2, 0.25) is 0 Å². The Morgan fingerprint density at radius 3 is 1.86 bits per heavy atom. The lowest BCUT2D eigenvalue weighted by atomic mass is 10.2. The Bertz CT molecular complexity index is 1470. The highest BCUT2D eigenvalue weighted by molar-refractivity contribution is 9.10. The van der Waals surface area contributed by atoms with Crippen LogP contribution in [0, 0.1) is 0 Å². The summed E-state index contributed by atoms with van der Waals surface area (Å²) in [6.07, 6.45) is 0. The summed E-state index contributed by atoms with van der Waals surface area (Å²) < 4.78 is 74.2. The van der Waals surface area contributed by atoms with Gasteiger partial charge in [0.15, 0.2) is 11.5 Å². The van der Waals surface area contributed by atoms with Gasteiger partial charge in [0.25, 0.3) is 0 Å². The van der Waals surface area contributed by atoms with Gasteiger partial charge in [-0.1, -0.05) is 28.1 Å². The molecule has 0 saturated heterocycles. The second kappa shape index (κ2) is 6.74. The highest BCUT2D eigenvalue weighted by Crippen LogP contribution is 2.45. The first-order chi connectivity index (χ1) is 13.5. The van der Waals surface area contributed by atoms with E-state index in [9.17, 15) is 25.9 Å². The number of aromatic nitrogens is 2. The molecular weight excluding hydrogens is 492 g/mol. The van der Waals surface area contributed by atoms with E-state index in [0.29, 0.717) is 20.9 Å². The Morgan fingerprint density at radius 2 is 1.28 bits per heavy atom. The molecule has 4 N–H and O–H groups in total. The summed E-state index contributed by atoms with van der Waals surface area (Å²) in [6, 6.07) is 11.3. The van der Waals surface area contributed by atoms with Crippen LogP contribution >= 0.6 is 15.9 Å². The van der Waals surface area contributed by atoms with E-state index in [1.54, 1.807) is 42.5 Å². The first-order valence-electron chi connectivity index (χ1n) is 7.78. The summed E-state index contributed by atoms with van der Waals surface area (Å²) in [6.45, 7) is 0. The molecule has 0 aliphatic carbocycles. The van der Waals surface area contributed by atoms with Crippen LogP contribution in [-0.4, -0.2) is 35.9 Å². The minimum Gasteiger partial charge on any atom is -0.359 e. The number of fused-ring (bicyclic) bond motifs is 2. The molecule has 0 bridgehead atoms. The van der Waals surface area contributed by atoms with Gasteiger partial charge in [0.05, 0.1) is 0 Å². The molecule has 152 valence electrons. The van der Waals surface area contributed by atoms with E-state index in [-0.39, 0.29) is 28.3 Å². The van der Waals surface area contributed by atoms with Crippen molar-refractivity contribution in [2.45, 2.75) is 0 Å². The molecule has 0 unspecified atom stereocenters.